The largest absolute Gasteiger partial charge is 0.494 e. The van der Waals surface area contributed by atoms with E-state index in [0.29, 0.717) is 40.9 Å². The molecule has 1 aromatic carbocycles. The molecular weight excluding hydrogens is 456 g/mol. The molecule has 180 valence electrons. The fraction of sp³-hybridized carbons (Fsp3) is 0.435. The van der Waals surface area contributed by atoms with Crippen molar-refractivity contribution in [1.29, 1.82) is 0 Å². The molecule has 2 N–H and O–H groups in total. The van der Waals surface area contributed by atoms with Crippen LogP contribution in [0.3, 0.4) is 0 Å². The maximum Gasteiger partial charge on any atom is 0.273 e. The van der Waals surface area contributed by atoms with E-state index in [0.717, 1.165) is 25.1 Å². The Morgan fingerprint density at radius 3 is 2.76 bits per heavy atom. The van der Waals surface area contributed by atoms with Gasteiger partial charge < -0.3 is 20.3 Å². The lowest BCUT2D eigenvalue weighted by Gasteiger charge is -2.31. The minimum absolute atomic E-state index is 0.0485. The summed E-state index contributed by atoms with van der Waals surface area (Å²) in [6.45, 7) is 6.15. The third-order valence-corrected chi connectivity index (χ3v) is 6.64. The Labute approximate surface area is 201 Å². The molecule has 0 bridgehead atoms. The monoisotopic (exact) mass is 484 g/mol. The van der Waals surface area contributed by atoms with Gasteiger partial charge in [0.25, 0.3) is 5.56 Å². The average Bonchev–Trinajstić information content (AvgIpc) is 3.28. The van der Waals surface area contributed by atoms with E-state index in [1.54, 1.807) is 24.3 Å². The number of carbonyl (C=O) groups is 2. The predicted molar refractivity (Wildman–Crippen MR) is 132 cm³/mol. The zero-order chi connectivity index (χ0) is 24.1. The summed E-state index contributed by atoms with van der Waals surface area (Å²) in [5, 5.41) is 6.33. The van der Waals surface area contributed by atoms with E-state index in [9.17, 15) is 14.4 Å². The lowest BCUT2D eigenvalue weighted by atomic mass is 9.97. The van der Waals surface area contributed by atoms with Crippen LogP contribution in [0, 0.1) is 5.92 Å². The molecule has 1 aliphatic rings. The molecule has 4 rings (SSSR count). The first kappa shape index (κ1) is 23.7. The maximum atomic E-state index is 13.0. The molecule has 1 saturated heterocycles. The van der Waals surface area contributed by atoms with Gasteiger partial charge in [-0.05, 0) is 51.0 Å². The van der Waals surface area contributed by atoms with E-state index in [-0.39, 0.29) is 29.8 Å². The summed E-state index contributed by atoms with van der Waals surface area (Å²) < 4.78 is 7.07. The van der Waals surface area contributed by atoms with Crippen molar-refractivity contribution in [1.82, 2.24) is 19.9 Å². The summed E-state index contributed by atoms with van der Waals surface area (Å²) in [6, 6.07) is 7.04. The Morgan fingerprint density at radius 2 is 2.03 bits per heavy atom. The van der Waals surface area contributed by atoms with Crippen molar-refractivity contribution < 1.29 is 14.3 Å². The number of anilines is 2. The third-order valence-electron chi connectivity index (χ3n) is 5.55. The first-order valence-corrected chi connectivity index (χ1v) is 12.2. The van der Waals surface area contributed by atoms with E-state index in [1.807, 2.05) is 18.7 Å². The van der Waals surface area contributed by atoms with Crippen molar-refractivity contribution in [2.75, 3.05) is 36.5 Å². The van der Waals surface area contributed by atoms with Crippen LogP contribution < -0.4 is 25.8 Å². The molecule has 1 aliphatic heterocycles. The van der Waals surface area contributed by atoms with Gasteiger partial charge in [-0.2, -0.15) is 4.98 Å². The molecule has 2 amide bonds. The van der Waals surface area contributed by atoms with Gasteiger partial charge in [0, 0.05) is 25.3 Å². The topological polar surface area (TPSA) is 118 Å². The number of hydrogen-bond donors (Lipinski definition) is 2. The molecule has 10 nitrogen and oxygen atoms in total. The summed E-state index contributed by atoms with van der Waals surface area (Å²) in [5.41, 5.74) is 0.656. The molecule has 3 heterocycles. The number of carbonyl (C=O) groups excluding carboxylic acids is 2. The Hall–Kier alpha value is -3.47. The zero-order valence-electron chi connectivity index (χ0n) is 19.2. The van der Waals surface area contributed by atoms with Crippen LogP contribution in [0.5, 0.6) is 5.75 Å². The Morgan fingerprint density at radius 1 is 1.24 bits per heavy atom. The Kier molecular flexibility index (Phi) is 7.41. The minimum atomic E-state index is -0.335. The number of piperidine rings is 1. The van der Waals surface area contributed by atoms with Crippen LogP contribution in [-0.2, 0) is 16.1 Å². The lowest BCUT2D eigenvalue weighted by molar-refractivity contribution is -0.125. The van der Waals surface area contributed by atoms with Crippen molar-refractivity contribution >= 4 is 44.3 Å². The normalized spacial score (nSPS) is 15.8. The van der Waals surface area contributed by atoms with Crippen molar-refractivity contribution in [3.63, 3.8) is 0 Å². The molecular formula is C23H28N6O4S. The fourth-order valence-electron chi connectivity index (χ4n) is 3.92. The summed E-state index contributed by atoms with van der Waals surface area (Å²) in [6.07, 6.45) is 3.06. The molecule has 0 spiro atoms. The molecule has 0 radical (unpaired) electrons. The first-order valence-electron chi connectivity index (χ1n) is 11.4. The number of benzene rings is 1. The SMILES string of the molecule is CCNC(=O)[C@H]1CCCN(c2nc3ncn(CC(=O)Nc4ccc(OCC)cc4)c(=O)c3s2)C1. The number of amides is 2. The van der Waals surface area contributed by atoms with Crippen LogP contribution >= 0.6 is 11.3 Å². The second-order valence-corrected chi connectivity index (χ2v) is 8.99. The zero-order valence-corrected chi connectivity index (χ0v) is 20.1. The summed E-state index contributed by atoms with van der Waals surface area (Å²) in [7, 11) is 0. The molecule has 0 saturated carbocycles. The number of ether oxygens (including phenoxy) is 1. The van der Waals surface area contributed by atoms with Gasteiger partial charge >= 0.3 is 0 Å². The predicted octanol–water partition coefficient (Wildman–Crippen LogP) is 2.24. The number of aromatic nitrogens is 3. The van der Waals surface area contributed by atoms with Gasteiger partial charge in [-0.1, -0.05) is 11.3 Å². The Balaban J connectivity index is 1.46. The smallest absolute Gasteiger partial charge is 0.273 e. The highest BCUT2D eigenvalue weighted by atomic mass is 32.1. The molecule has 0 aliphatic carbocycles. The molecule has 1 fully saturated rings. The molecule has 2 aromatic heterocycles. The van der Waals surface area contributed by atoms with Gasteiger partial charge in [-0.3, -0.25) is 19.0 Å². The van der Waals surface area contributed by atoms with E-state index >= 15 is 0 Å². The van der Waals surface area contributed by atoms with Gasteiger partial charge in [0.1, 0.15) is 23.3 Å². The van der Waals surface area contributed by atoms with Crippen molar-refractivity contribution in [3.8, 4) is 5.75 Å². The number of nitrogens with zero attached hydrogens (tertiary/aromatic N) is 4. The van der Waals surface area contributed by atoms with Gasteiger partial charge in [0.15, 0.2) is 10.8 Å². The highest BCUT2D eigenvalue weighted by Crippen LogP contribution is 2.29. The average molecular weight is 485 g/mol. The molecule has 11 heteroatoms. The second kappa shape index (κ2) is 10.6. The van der Waals surface area contributed by atoms with Gasteiger partial charge in [0.05, 0.1) is 12.5 Å². The number of rotatable bonds is 8. The van der Waals surface area contributed by atoms with E-state index < -0.39 is 0 Å². The summed E-state index contributed by atoms with van der Waals surface area (Å²) >= 11 is 1.25. The standard InChI is InChI=1S/C23H28N6O4S/c1-3-24-21(31)15-6-5-11-28(12-15)23-27-20-19(34-23)22(32)29(14-25-20)13-18(30)26-16-7-9-17(10-8-16)33-4-2/h7-10,14-15H,3-6,11-13H2,1-2H3,(H,24,31)(H,26,30)/t15-/m0/s1. The van der Waals surface area contributed by atoms with Crippen LogP contribution in [0.1, 0.15) is 26.7 Å². The summed E-state index contributed by atoms with van der Waals surface area (Å²) in [5.74, 6) is 0.334. The van der Waals surface area contributed by atoms with E-state index in [1.165, 1.54) is 22.2 Å². The third kappa shape index (κ3) is 5.36. The van der Waals surface area contributed by atoms with Gasteiger partial charge in [-0.25, -0.2) is 4.98 Å². The molecule has 34 heavy (non-hydrogen) atoms. The van der Waals surface area contributed by atoms with Crippen LogP contribution in [0.25, 0.3) is 10.3 Å². The van der Waals surface area contributed by atoms with Crippen molar-refractivity contribution in [2.24, 2.45) is 5.92 Å². The van der Waals surface area contributed by atoms with Crippen LogP contribution in [0.15, 0.2) is 35.4 Å². The number of thiazole rings is 1. The highest BCUT2D eigenvalue weighted by molar-refractivity contribution is 7.22. The lowest BCUT2D eigenvalue weighted by Crippen LogP contribution is -2.43. The van der Waals surface area contributed by atoms with Crippen molar-refractivity contribution in [2.45, 2.75) is 33.2 Å². The van der Waals surface area contributed by atoms with Crippen LogP contribution in [0.4, 0.5) is 10.8 Å². The second-order valence-electron chi connectivity index (χ2n) is 8.01. The highest BCUT2D eigenvalue weighted by Gasteiger charge is 2.27. The molecule has 1 atom stereocenters. The minimum Gasteiger partial charge on any atom is -0.494 e. The number of nitrogens with one attached hydrogen (secondary N) is 2. The Bertz CT molecular complexity index is 1220. The van der Waals surface area contributed by atoms with Gasteiger partial charge in [-0.15, -0.1) is 0 Å². The van der Waals surface area contributed by atoms with Gasteiger partial charge in [0.2, 0.25) is 11.8 Å². The van der Waals surface area contributed by atoms with Crippen molar-refractivity contribution in [3.05, 3.63) is 40.9 Å². The van der Waals surface area contributed by atoms with Crippen LogP contribution in [0.2, 0.25) is 0 Å². The summed E-state index contributed by atoms with van der Waals surface area (Å²) in [4.78, 5) is 48.6. The first-order chi connectivity index (χ1) is 16.5. The fourth-order valence-corrected chi connectivity index (χ4v) is 4.93. The number of hydrogen-bond acceptors (Lipinski definition) is 8. The molecule has 0 unspecified atom stereocenters. The molecule has 3 aromatic rings. The van der Waals surface area contributed by atoms with Crippen LogP contribution in [-0.4, -0.2) is 52.6 Å². The van der Waals surface area contributed by atoms with E-state index in [2.05, 4.69) is 20.6 Å². The van der Waals surface area contributed by atoms with E-state index in [4.69, 9.17) is 4.74 Å². The quantitative estimate of drug-likeness (QED) is 0.503. The maximum absolute atomic E-state index is 13.0. The number of fused-ring (bicyclic) bond motifs is 1.